The number of hydrogen-bond acceptors (Lipinski definition) is 5. The summed E-state index contributed by atoms with van der Waals surface area (Å²) in [4.78, 5) is 25.4. The smallest absolute Gasteiger partial charge is 0.306 e. The number of allylic oxidation sites excluding steroid dienone is 12. The zero-order valence-corrected chi connectivity index (χ0v) is 39.7. The van der Waals surface area contributed by atoms with Gasteiger partial charge in [0, 0.05) is 19.4 Å². The van der Waals surface area contributed by atoms with Gasteiger partial charge < -0.3 is 14.2 Å². The first-order valence-electron chi connectivity index (χ1n) is 25.5. The van der Waals surface area contributed by atoms with Crippen LogP contribution >= 0.6 is 0 Å². The van der Waals surface area contributed by atoms with Crippen molar-refractivity contribution in [2.45, 2.75) is 245 Å². The molecule has 5 heteroatoms. The number of hydrogen-bond donors (Lipinski definition) is 0. The molecule has 0 saturated heterocycles. The minimum Gasteiger partial charge on any atom is -0.462 e. The molecular formula is C55H96O5. The Kier molecular flexibility index (Phi) is 48.4. The van der Waals surface area contributed by atoms with Gasteiger partial charge in [-0.3, -0.25) is 9.59 Å². The van der Waals surface area contributed by atoms with Crippen molar-refractivity contribution in [1.82, 2.24) is 0 Å². The van der Waals surface area contributed by atoms with Crippen LogP contribution in [0.15, 0.2) is 72.9 Å². The van der Waals surface area contributed by atoms with Gasteiger partial charge in [-0.25, -0.2) is 0 Å². The maximum absolute atomic E-state index is 12.8. The van der Waals surface area contributed by atoms with E-state index < -0.39 is 6.10 Å². The van der Waals surface area contributed by atoms with Crippen molar-refractivity contribution in [3.8, 4) is 0 Å². The average Bonchev–Trinajstić information content (AvgIpc) is 3.25. The van der Waals surface area contributed by atoms with Gasteiger partial charge in [0.15, 0.2) is 6.10 Å². The number of unbranched alkanes of at least 4 members (excludes halogenated alkanes) is 23. The van der Waals surface area contributed by atoms with Gasteiger partial charge >= 0.3 is 11.9 Å². The molecule has 0 radical (unpaired) electrons. The summed E-state index contributed by atoms with van der Waals surface area (Å²) < 4.78 is 17.4. The second-order valence-electron chi connectivity index (χ2n) is 16.7. The molecule has 0 aromatic carbocycles. The zero-order valence-electron chi connectivity index (χ0n) is 39.7. The highest BCUT2D eigenvalue weighted by molar-refractivity contribution is 5.70. The van der Waals surface area contributed by atoms with Gasteiger partial charge in [-0.15, -0.1) is 0 Å². The van der Waals surface area contributed by atoms with Crippen molar-refractivity contribution in [3.05, 3.63) is 72.9 Å². The van der Waals surface area contributed by atoms with Gasteiger partial charge in [-0.05, 0) is 89.9 Å². The first-order chi connectivity index (χ1) is 29.6. The largest absolute Gasteiger partial charge is 0.462 e. The van der Waals surface area contributed by atoms with Crippen molar-refractivity contribution in [2.75, 3.05) is 19.8 Å². The minimum atomic E-state index is -0.558. The maximum Gasteiger partial charge on any atom is 0.306 e. The summed E-state index contributed by atoms with van der Waals surface area (Å²) in [5.74, 6) is -0.447. The molecule has 5 nitrogen and oxygen atoms in total. The van der Waals surface area contributed by atoms with Crippen LogP contribution < -0.4 is 0 Å². The second-order valence-corrected chi connectivity index (χ2v) is 16.7. The number of rotatable bonds is 46. The van der Waals surface area contributed by atoms with E-state index >= 15 is 0 Å². The summed E-state index contributed by atoms with van der Waals surface area (Å²) in [5.41, 5.74) is 0. The third kappa shape index (κ3) is 48.0. The molecule has 0 N–H and O–H groups in total. The Labute approximate surface area is 372 Å². The molecule has 0 aliphatic heterocycles. The molecule has 346 valence electrons. The predicted molar refractivity (Wildman–Crippen MR) is 260 cm³/mol. The number of ether oxygens (including phenoxy) is 3. The molecule has 0 aromatic rings. The molecule has 1 atom stereocenters. The topological polar surface area (TPSA) is 61.8 Å². The van der Waals surface area contributed by atoms with E-state index in [1.165, 1.54) is 128 Å². The van der Waals surface area contributed by atoms with Crippen LogP contribution in [-0.2, 0) is 23.8 Å². The van der Waals surface area contributed by atoms with Crippen molar-refractivity contribution in [1.29, 1.82) is 0 Å². The molecule has 0 aliphatic rings. The third-order valence-electron chi connectivity index (χ3n) is 10.7. The van der Waals surface area contributed by atoms with Crippen LogP contribution in [0.2, 0.25) is 0 Å². The maximum atomic E-state index is 12.8. The fraction of sp³-hybridized carbons (Fsp3) is 0.745. The molecule has 1 unspecified atom stereocenters. The van der Waals surface area contributed by atoms with Gasteiger partial charge in [-0.1, -0.05) is 209 Å². The fourth-order valence-electron chi connectivity index (χ4n) is 6.94. The van der Waals surface area contributed by atoms with E-state index in [2.05, 4.69) is 93.7 Å². The van der Waals surface area contributed by atoms with E-state index in [1.54, 1.807) is 0 Å². The number of esters is 2. The SMILES string of the molecule is CC/C=C\C/C=C\C/C=C\C/C=C\CCCCC(=O)OCC(COCCCCCCCC/C=C\C/C=C\CCCCC)OC(=O)CCCCCCCCCCCCCCC. The number of carbonyl (C=O) groups excluding carboxylic acids is 2. The van der Waals surface area contributed by atoms with Gasteiger partial charge in [-0.2, -0.15) is 0 Å². The highest BCUT2D eigenvalue weighted by atomic mass is 16.6. The molecule has 0 fully saturated rings. The molecule has 0 bridgehead atoms. The lowest BCUT2D eigenvalue weighted by atomic mass is 10.0. The van der Waals surface area contributed by atoms with Crippen molar-refractivity contribution in [3.63, 3.8) is 0 Å². The van der Waals surface area contributed by atoms with Gasteiger partial charge in [0.2, 0.25) is 0 Å². The van der Waals surface area contributed by atoms with E-state index in [0.717, 1.165) is 77.0 Å². The lowest BCUT2D eigenvalue weighted by Gasteiger charge is -2.18. The number of carbonyl (C=O) groups is 2. The van der Waals surface area contributed by atoms with E-state index in [9.17, 15) is 9.59 Å². The second kappa shape index (κ2) is 50.7. The average molecular weight is 837 g/mol. The summed E-state index contributed by atoms with van der Waals surface area (Å²) in [6, 6.07) is 0. The van der Waals surface area contributed by atoms with E-state index in [-0.39, 0.29) is 25.2 Å². The summed E-state index contributed by atoms with van der Waals surface area (Å²) in [6.45, 7) is 7.63. The molecule has 0 spiro atoms. The fourth-order valence-corrected chi connectivity index (χ4v) is 6.94. The van der Waals surface area contributed by atoms with Crippen molar-refractivity contribution < 1.29 is 23.8 Å². The van der Waals surface area contributed by atoms with Crippen molar-refractivity contribution in [2.24, 2.45) is 0 Å². The molecule has 0 rings (SSSR count). The predicted octanol–water partition coefficient (Wildman–Crippen LogP) is 17.1. The summed E-state index contributed by atoms with van der Waals surface area (Å²) in [6.07, 6.45) is 64.8. The zero-order chi connectivity index (χ0) is 43.5. The van der Waals surface area contributed by atoms with Crippen molar-refractivity contribution >= 4 is 11.9 Å². The Morgan fingerprint density at radius 1 is 0.383 bits per heavy atom. The normalized spacial score (nSPS) is 12.8. The Balaban J connectivity index is 4.34. The summed E-state index contributed by atoms with van der Waals surface area (Å²) in [7, 11) is 0. The summed E-state index contributed by atoms with van der Waals surface area (Å²) in [5, 5.41) is 0. The monoisotopic (exact) mass is 837 g/mol. The Morgan fingerprint density at radius 2 is 0.750 bits per heavy atom. The lowest BCUT2D eigenvalue weighted by molar-refractivity contribution is -0.163. The molecule has 0 saturated carbocycles. The van der Waals surface area contributed by atoms with Crippen LogP contribution in [0.25, 0.3) is 0 Å². The third-order valence-corrected chi connectivity index (χ3v) is 10.7. The molecule has 0 aliphatic carbocycles. The summed E-state index contributed by atoms with van der Waals surface area (Å²) >= 11 is 0. The standard InChI is InChI=1S/C55H96O5/c1-4-7-10-13-16-19-22-25-27-29-32-35-38-41-44-47-50-58-51-53(60-55(57)49-46-43-40-37-34-30-24-21-18-15-12-9-6-3)52-59-54(56)48-45-42-39-36-33-31-28-26-23-20-17-14-11-8-5-2/h8,11,16-17,19-20,25-28,33,36,53H,4-7,9-10,12-15,18,21-24,29-32,34-35,37-52H2,1-3H3/b11-8-,19-16-,20-17-,27-25-,28-26-,36-33-. The Bertz CT molecular complexity index is 1080. The van der Waals surface area contributed by atoms with Crippen LogP contribution in [0, 0.1) is 0 Å². The molecule has 0 amide bonds. The van der Waals surface area contributed by atoms with E-state index in [4.69, 9.17) is 14.2 Å². The molecule has 0 aromatic heterocycles. The highest BCUT2D eigenvalue weighted by Gasteiger charge is 2.17. The van der Waals surface area contributed by atoms with E-state index in [0.29, 0.717) is 19.4 Å². The molecule has 0 heterocycles. The quantitative estimate of drug-likeness (QED) is 0.0347. The lowest BCUT2D eigenvalue weighted by Crippen LogP contribution is -2.30. The van der Waals surface area contributed by atoms with Crippen LogP contribution in [0.3, 0.4) is 0 Å². The van der Waals surface area contributed by atoms with Gasteiger partial charge in [0.1, 0.15) is 6.61 Å². The van der Waals surface area contributed by atoms with Crippen LogP contribution in [0.1, 0.15) is 239 Å². The molecule has 60 heavy (non-hydrogen) atoms. The van der Waals surface area contributed by atoms with Crippen LogP contribution in [0.5, 0.6) is 0 Å². The van der Waals surface area contributed by atoms with Gasteiger partial charge in [0.25, 0.3) is 0 Å². The van der Waals surface area contributed by atoms with Gasteiger partial charge in [0.05, 0.1) is 6.61 Å². The minimum absolute atomic E-state index is 0.0593. The first kappa shape index (κ1) is 57.3. The Morgan fingerprint density at radius 3 is 1.27 bits per heavy atom. The first-order valence-corrected chi connectivity index (χ1v) is 25.5. The van der Waals surface area contributed by atoms with Crippen LogP contribution in [0.4, 0.5) is 0 Å². The molecular weight excluding hydrogens is 741 g/mol. The van der Waals surface area contributed by atoms with Crippen LogP contribution in [-0.4, -0.2) is 37.9 Å². The highest BCUT2D eigenvalue weighted by Crippen LogP contribution is 2.14. The Hall–Kier alpha value is -2.66. The van der Waals surface area contributed by atoms with E-state index in [1.807, 2.05) is 0 Å².